The molecule has 0 unspecified atom stereocenters. The third-order valence-corrected chi connectivity index (χ3v) is 8.57. The molecule has 33 heavy (non-hydrogen) atoms. The van der Waals surface area contributed by atoms with Gasteiger partial charge in [0.25, 0.3) is 5.56 Å². The van der Waals surface area contributed by atoms with Gasteiger partial charge in [-0.05, 0) is 62.6 Å². The van der Waals surface area contributed by atoms with Gasteiger partial charge in [0.05, 0.1) is 22.9 Å². The number of nitrogens with one attached hydrogen (secondary N) is 1. The van der Waals surface area contributed by atoms with Gasteiger partial charge in [-0.2, -0.15) is 0 Å². The van der Waals surface area contributed by atoms with Crippen LogP contribution in [-0.2, 0) is 22.4 Å². The zero-order valence-electron chi connectivity index (χ0n) is 18.9. The number of hydrogen-bond donors (Lipinski definition) is 1. The van der Waals surface area contributed by atoms with Gasteiger partial charge < -0.3 is 10.1 Å². The lowest BCUT2D eigenvalue weighted by atomic mass is 10.1. The predicted molar refractivity (Wildman–Crippen MR) is 134 cm³/mol. The van der Waals surface area contributed by atoms with Crippen LogP contribution in [0.25, 0.3) is 15.9 Å². The number of nitrogens with zero attached hydrogens (tertiary/aromatic N) is 2. The molecule has 3 aromatic rings. The van der Waals surface area contributed by atoms with Crippen LogP contribution in [0.4, 0.5) is 0 Å². The van der Waals surface area contributed by atoms with Gasteiger partial charge in [-0.25, -0.2) is 4.98 Å². The van der Waals surface area contributed by atoms with Crippen LogP contribution in [0.2, 0.25) is 0 Å². The summed E-state index contributed by atoms with van der Waals surface area (Å²) in [5.41, 5.74) is 3.01. The summed E-state index contributed by atoms with van der Waals surface area (Å²) in [6, 6.07) is 7.87. The first-order valence-corrected chi connectivity index (χ1v) is 13.6. The Hall–Kier alpha value is -2.16. The van der Waals surface area contributed by atoms with Crippen molar-refractivity contribution in [2.24, 2.45) is 0 Å². The zero-order chi connectivity index (χ0) is 22.8. The molecule has 1 saturated heterocycles. The van der Waals surface area contributed by atoms with Gasteiger partial charge in [0.2, 0.25) is 5.91 Å². The minimum Gasteiger partial charge on any atom is -0.376 e. The average Bonchev–Trinajstić information content (AvgIpc) is 3.39. The second kappa shape index (κ2) is 9.99. The van der Waals surface area contributed by atoms with E-state index in [-0.39, 0.29) is 23.3 Å². The molecule has 174 valence electrons. The third kappa shape index (κ3) is 4.74. The SMILES string of the molecule is Cc1ccccc1-n1c(SCC(=O)NC[C@@H]2CCCO2)nc2sc3c(c2c1=O)CCCCC3. The molecule has 6 nitrogen and oxygen atoms in total. The first-order valence-electron chi connectivity index (χ1n) is 11.8. The summed E-state index contributed by atoms with van der Waals surface area (Å²) in [6.07, 6.45) is 7.60. The summed E-state index contributed by atoms with van der Waals surface area (Å²) in [5.74, 6) is 0.143. The van der Waals surface area contributed by atoms with Crippen LogP contribution in [0.5, 0.6) is 0 Å². The Balaban J connectivity index is 1.50. The van der Waals surface area contributed by atoms with E-state index < -0.39 is 0 Å². The molecule has 1 aromatic carbocycles. The average molecular weight is 484 g/mol. The number of para-hydroxylation sites is 1. The number of rotatable bonds is 6. The predicted octanol–water partition coefficient (Wildman–Crippen LogP) is 4.41. The largest absolute Gasteiger partial charge is 0.376 e. The molecule has 1 N–H and O–H groups in total. The molecule has 1 fully saturated rings. The maximum absolute atomic E-state index is 13.9. The highest BCUT2D eigenvalue weighted by molar-refractivity contribution is 7.99. The molecular formula is C25H29N3O3S2. The Morgan fingerprint density at radius 2 is 2.09 bits per heavy atom. The quantitative estimate of drug-likeness (QED) is 0.319. The molecule has 0 bridgehead atoms. The van der Waals surface area contributed by atoms with Crippen LogP contribution >= 0.6 is 23.1 Å². The Labute approximate surface area is 201 Å². The number of aromatic nitrogens is 2. The summed E-state index contributed by atoms with van der Waals surface area (Å²) >= 11 is 2.98. The second-order valence-electron chi connectivity index (χ2n) is 8.79. The van der Waals surface area contributed by atoms with E-state index >= 15 is 0 Å². The normalized spacial score (nSPS) is 18.3. The van der Waals surface area contributed by atoms with Crippen LogP contribution in [-0.4, -0.2) is 40.5 Å². The van der Waals surface area contributed by atoms with Gasteiger partial charge in [-0.15, -0.1) is 11.3 Å². The summed E-state index contributed by atoms with van der Waals surface area (Å²) < 4.78 is 7.31. The van der Waals surface area contributed by atoms with Crippen LogP contribution in [0.15, 0.2) is 34.2 Å². The number of thioether (sulfide) groups is 1. The smallest absolute Gasteiger partial charge is 0.267 e. The highest BCUT2D eigenvalue weighted by Gasteiger charge is 2.23. The highest BCUT2D eigenvalue weighted by atomic mass is 32.2. The summed E-state index contributed by atoms with van der Waals surface area (Å²) in [7, 11) is 0. The van der Waals surface area contributed by atoms with Crippen LogP contribution in [0, 0.1) is 6.92 Å². The van der Waals surface area contributed by atoms with Gasteiger partial charge in [0, 0.05) is 18.0 Å². The van der Waals surface area contributed by atoms with Crippen molar-refractivity contribution in [2.45, 2.75) is 63.1 Å². The van der Waals surface area contributed by atoms with Crippen molar-refractivity contribution in [1.29, 1.82) is 0 Å². The number of carbonyl (C=O) groups excluding carboxylic acids is 1. The monoisotopic (exact) mass is 483 g/mol. The Morgan fingerprint density at radius 1 is 1.24 bits per heavy atom. The molecule has 0 spiro atoms. The van der Waals surface area contributed by atoms with E-state index in [1.165, 1.54) is 28.6 Å². The highest BCUT2D eigenvalue weighted by Crippen LogP contribution is 2.35. The number of thiophene rings is 1. The molecule has 0 saturated carbocycles. The third-order valence-electron chi connectivity index (χ3n) is 6.45. The van der Waals surface area contributed by atoms with E-state index in [4.69, 9.17) is 9.72 Å². The summed E-state index contributed by atoms with van der Waals surface area (Å²) in [4.78, 5) is 33.5. The molecule has 8 heteroatoms. The van der Waals surface area contributed by atoms with Crippen molar-refractivity contribution in [3.05, 3.63) is 50.6 Å². The van der Waals surface area contributed by atoms with Gasteiger partial charge >= 0.3 is 0 Å². The molecule has 1 aliphatic carbocycles. The lowest BCUT2D eigenvalue weighted by Gasteiger charge is -2.15. The minimum absolute atomic E-state index is 0.0176. The fourth-order valence-corrected chi connectivity index (χ4v) is 6.84. The fourth-order valence-electron chi connectivity index (χ4n) is 4.70. The van der Waals surface area contributed by atoms with Crippen LogP contribution < -0.4 is 10.9 Å². The van der Waals surface area contributed by atoms with Crippen LogP contribution in [0.1, 0.15) is 48.1 Å². The molecule has 0 radical (unpaired) electrons. The lowest BCUT2D eigenvalue weighted by molar-refractivity contribution is -0.119. The van der Waals surface area contributed by atoms with Gasteiger partial charge in [0.15, 0.2) is 5.16 Å². The molecule has 1 atom stereocenters. The van der Waals surface area contributed by atoms with E-state index in [2.05, 4.69) is 5.32 Å². The molecule has 2 aliphatic rings. The number of aryl methyl sites for hydroxylation is 3. The number of fused-ring (bicyclic) bond motifs is 3. The summed E-state index contributed by atoms with van der Waals surface area (Å²) in [5, 5.41) is 4.31. The number of ether oxygens (including phenoxy) is 1. The van der Waals surface area contributed by atoms with Gasteiger partial charge in [-0.1, -0.05) is 36.4 Å². The minimum atomic E-state index is -0.0665. The number of carbonyl (C=O) groups is 1. The standard InChI is InChI=1S/C25H29N3O3S2/c1-16-8-5-6-11-19(16)28-24(30)22-18-10-3-2-4-12-20(18)33-23(22)27-25(28)32-15-21(29)26-14-17-9-7-13-31-17/h5-6,8,11,17H,2-4,7,9-10,12-15H2,1H3,(H,26,29)/t17-/m0/s1. The molecular weight excluding hydrogens is 454 g/mol. The van der Waals surface area contributed by atoms with Crippen molar-refractivity contribution < 1.29 is 9.53 Å². The molecule has 3 heterocycles. The number of amides is 1. The number of hydrogen-bond acceptors (Lipinski definition) is 6. The molecule has 5 rings (SSSR count). The van der Waals surface area contributed by atoms with Gasteiger partial charge in [-0.3, -0.25) is 14.2 Å². The fraction of sp³-hybridized carbons (Fsp3) is 0.480. The zero-order valence-corrected chi connectivity index (χ0v) is 20.5. The lowest BCUT2D eigenvalue weighted by Crippen LogP contribution is -2.33. The Bertz CT molecular complexity index is 1230. The molecule has 1 aliphatic heterocycles. The van der Waals surface area contributed by atoms with Crippen molar-refractivity contribution in [3.8, 4) is 5.69 Å². The van der Waals surface area contributed by atoms with E-state index in [0.29, 0.717) is 11.7 Å². The van der Waals surface area contributed by atoms with Crippen LogP contribution in [0.3, 0.4) is 0 Å². The Kier molecular flexibility index (Phi) is 6.85. The van der Waals surface area contributed by atoms with E-state index in [1.54, 1.807) is 15.9 Å². The van der Waals surface area contributed by atoms with Crippen molar-refractivity contribution >= 4 is 39.2 Å². The van der Waals surface area contributed by atoms with Crippen molar-refractivity contribution in [2.75, 3.05) is 18.9 Å². The molecule has 2 aromatic heterocycles. The first kappa shape index (κ1) is 22.6. The second-order valence-corrected chi connectivity index (χ2v) is 10.8. The van der Waals surface area contributed by atoms with E-state index in [9.17, 15) is 9.59 Å². The van der Waals surface area contributed by atoms with E-state index in [0.717, 1.165) is 66.6 Å². The van der Waals surface area contributed by atoms with Crippen molar-refractivity contribution in [1.82, 2.24) is 14.9 Å². The maximum Gasteiger partial charge on any atom is 0.267 e. The van der Waals surface area contributed by atoms with E-state index in [1.807, 2.05) is 31.2 Å². The number of benzene rings is 1. The maximum atomic E-state index is 13.9. The molecule has 1 amide bonds. The topological polar surface area (TPSA) is 73.2 Å². The van der Waals surface area contributed by atoms with Gasteiger partial charge in [0.1, 0.15) is 4.83 Å². The van der Waals surface area contributed by atoms with Crippen molar-refractivity contribution in [3.63, 3.8) is 0 Å². The summed E-state index contributed by atoms with van der Waals surface area (Å²) in [6.45, 7) is 3.31. The Morgan fingerprint density at radius 3 is 2.91 bits per heavy atom. The first-order chi connectivity index (χ1) is 16.1.